The monoisotopic (exact) mass is 431 g/mol. The lowest BCUT2D eigenvalue weighted by atomic mass is 10.2. The van der Waals surface area contributed by atoms with Crippen molar-refractivity contribution < 1.29 is 32.2 Å². The minimum Gasteiger partial charge on any atom is -0.493 e. The van der Waals surface area contributed by atoms with Crippen LogP contribution in [0.4, 0.5) is 0 Å². The topological polar surface area (TPSA) is 108 Å². The Bertz CT molecular complexity index is 1090. The number of nitrogens with one attached hydrogen (secondary N) is 1. The van der Waals surface area contributed by atoms with Crippen LogP contribution in [0, 0.1) is 0 Å². The van der Waals surface area contributed by atoms with E-state index < -0.39 is 22.0 Å². The van der Waals surface area contributed by atoms with Crippen molar-refractivity contribution in [1.82, 2.24) is 4.72 Å². The van der Waals surface area contributed by atoms with E-state index in [1.807, 2.05) is 0 Å². The summed E-state index contributed by atoms with van der Waals surface area (Å²) in [6.07, 6.45) is 4.40. The van der Waals surface area contributed by atoms with E-state index in [9.17, 15) is 18.0 Å². The van der Waals surface area contributed by atoms with E-state index in [0.29, 0.717) is 5.56 Å². The Balaban J connectivity index is 1.78. The normalized spacial score (nSPS) is 13.8. The molecule has 0 saturated heterocycles. The van der Waals surface area contributed by atoms with Gasteiger partial charge in [0.05, 0.1) is 24.7 Å². The molecule has 1 saturated carbocycles. The zero-order valence-corrected chi connectivity index (χ0v) is 17.3. The van der Waals surface area contributed by atoms with Gasteiger partial charge >= 0.3 is 11.9 Å². The maximum atomic E-state index is 12.6. The summed E-state index contributed by atoms with van der Waals surface area (Å²) >= 11 is 0. The summed E-state index contributed by atoms with van der Waals surface area (Å²) in [7, 11) is -0.998. The molecule has 8 nitrogen and oxygen atoms in total. The highest BCUT2D eigenvalue weighted by molar-refractivity contribution is 7.89. The highest BCUT2D eigenvalue weighted by atomic mass is 32.2. The summed E-state index contributed by atoms with van der Waals surface area (Å²) in [5.41, 5.74) is 0.724. The van der Waals surface area contributed by atoms with Crippen molar-refractivity contribution in [3.05, 3.63) is 59.7 Å². The summed E-state index contributed by atoms with van der Waals surface area (Å²) in [6, 6.07) is 10.3. The number of carbonyl (C=O) groups excluding carboxylic acids is 2. The molecule has 0 unspecified atom stereocenters. The third-order valence-electron chi connectivity index (χ3n) is 4.28. The van der Waals surface area contributed by atoms with Crippen LogP contribution in [0.3, 0.4) is 0 Å². The van der Waals surface area contributed by atoms with E-state index in [1.54, 1.807) is 12.1 Å². The Morgan fingerprint density at radius 1 is 1.07 bits per heavy atom. The fourth-order valence-electron chi connectivity index (χ4n) is 2.54. The van der Waals surface area contributed by atoms with Crippen LogP contribution in [0.15, 0.2) is 53.4 Å². The van der Waals surface area contributed by atoms with E-state index in [4.69, 9.17) is 9.47 Å². The first-order chi connectivity index (χ1) is 14.3. The van der Waals surface area contributed by atoms with Gasteiger partial charge in [-0.15, -0.1) is 0 Å². The van der Waals surface area contributed by atoms with Gasteiger partial charge in [0.2, 0.25) is 10.0 Å². The summed E-state index contributed by atoms with van der Waals surface area (Å²) in [4.78, 5) is 23.8. The zero-order chi connectivity index (χ0) is 21.7. The Labute approximate surface area is 174 Å². The van der Waals surface area contributed by atoms with Crippen LogP contribution >= 0.6 is 0 Å². The van der Waals surface area contributed by atoms with Crippen molar-refractivity contribution in [3.63, 3.8) is 0 Å². The second-order valence-corrected chi connectivity index (χ2v) is 8.29. The van der Waals surface area contributed by atoms with Gasteiger partial charge in [-0.2, -0.15) is 0 Å². The molecular formula is C21H21NO7S. The molecule has 30 heavy (non-hydrogen) atoms. The summed E-state index contributed by atoms with van der Waals surface area (Å²) in [5, 5.41) is 0. The van der Waals surface area contributed by atoms with E-state index in [-0.39, 0.29) is 28.0 Å². The van der Waals surface area contributed by atoms with Crippen molar-refractivity contribution >= 4 is 28.0 Å². The Kier molecular flexibility index (Phi) is 6.53. The Hall–Kier alpha value is -3.17. The van der Waals surface area contributed by atoms with Crippen LogP contribution < -0.4 is 14.2 Å². The fraction of sp³-hybridized carbons (Fsp3) is 0.238. The van der Waals surface area contributed by atoms with E-state index in [2.05, 4.69) is 9.46 Å². The predicted octanol–water partition coefficient (Wildman–Crippen LogP) is 2.54. The van der Waals surface area contributed by atoms with Crippen LogP contribution in [0.1, 0.15) is 28.8 Å². The van der Waals surface area contributed by atoms with Crippen molar-refractivity contribution in [3.8, 4) is 11.5 Å². The fourth-order valence-corrected chi connectivity index (χ4v) is 3.89. The number of methoxy groups -OCH3 is 2. The molecule has 1 N–H and O–H groups in total. The SMILES string of the molecule is COC(=O)/C=C/c1ccc(OC(=O)c2cccc(S(=O)(=O)NC3CC3)c2)c(OC)c1. The second kappa shape index (κ2) is 9.10. The van der Waals surface area contributed by atoms with Crippen molar-refractivity contribution in [1.29, 1.82) is 0 Å². The number of hydrogen-bond acceptors (Lipinski definition) is 7. The molecule has 0 amide bonds. The predicted molar refractivity (Wildman–Crippen MR) is 109 cm³/mol. The molecule has 2 aromatic rings. The van der Waals surface area contributed by atoms with E-state index in [1.165, 1.54) is 56.7 Å². The minimum atomic E-state index is -3.69. The van der Waals surface area contributed by atoms with Gasteiger partial charge in [0, 0.05) is 12.1 Å². The number of benzene rings is 2. The molecule has 9 heteroatoms. The largest absolute Gasteiger partial charge is 0.493 e. The average molecular weight is 431 g/mol. The molecule has 2 aromatic carbocycles. The summed E-state index contributed by atoms with van der Waals surface area (Å²) < 4.78 is 42.5. The molecule has 1 fully saturated rings. The van der Waals surface area contributed by atoms with Crippen LogP contribution in [-0.4, -0.2) is 40.6 Å². The van der Waals surface area contributed by atoms with Crippen LogP contribution in [0.5, 0.6) is 11.5 Å². The highest BCUT2D eigenvalue weighted by Gasteiger charge is 2.28. The first-order valence-electron chi connectivity index (χ1n) is 9.11. The van der Waals surface area contributed by atoms with Crippen molar-refractivity contribution in [2.75, 3.05) is 14.2 Å². The third-order valence-corrected chi connectivity index (χ3v) is 5.80. The van der Waals surface area contributed by atoms with Crippen LogP contribution in [0.25, 0.3) is 6.08 Å². The molecule has 0 atom stereocenters. The molecule has 3 rings (SSSR count). The van der Waals surface area contributed by atoms with Crippen LogP contribution in [-0.2, 0) is 19.6 Å². The molecule has 0 spiro atoms. The molecular weight excluding hydrogens is 410 g/mol. The van der Waals surface area contributed by atoms with Gasteiger partial charge in [-0.3, -0.25) is 0 Å². The third kappa shape index (κ3) is 5.46. The van der Waals surface area contributed by atoms with Gasteiger partial charge in [-0.1, -0.05) is 12.1 Å². The molecule has 158 valence electrons. The number of esters is 2. The minimum absolute atomic E-state index is 0.000824. The molecule has 1 aliphatic carbocycles. The lowest BCUT2D eigenvalue weighted by Crippen LogP contribution is -2.26. The number of ether oxygens (including phenoxy) is 3. The first-order valence-corrected chi connectivity index (χ1v) is 10.6. The van der Waals surface area contributed by atoms with Gasteiger partial charge < -0.3 is 14.2 Å². The molecule has 0 heterocycles. The summed E-state index contributed by atoms with van der Waals surface area (Å²) in [6.45, 7) is 0. The Morgan fingerprint density at radius 3 is 2.50 bits per heavy atom. The smallest absolute Gasteiger partial charge is 0.343 e. The molecule has 0 aromatic heterocycles. The maximum absolute atomic E-state index is 12.6. The molecule has 0 aliphatic heterocycles. The van der Waals surface area contributed by atoms with Crippen molar-refractivity contribution in [2.24, 2.45) is 0 Å². The standard InChI is InChI=1S/C21H21NO7S/c1-27-19-12-14(7-11-20(23)28-2)6-10-18(19)29-21(24)15-4-3-5-17(13-15)30(25,26)22-16-8-9-16/h3-7,10-13,16,22H,8-9H2,1-2H3/b11-7+. The lowest BCUT2D eigenvalue weighted by molar-refractivity contribution is -0.134. The maximum Gasteiger partial charge on any atom is 0.343 e. The number of hydrogen-bond donors (Lipinski definition) is 1. The average Bonchev–Trinajstić information content (AvgIpc) is 3.56. The quantitative estimate of drug-likeness (QED) is 0.389. The van der Waals surface area contributed by atoms with Gasteiger partial charge in [0.15, 0.2) is 11.5 Å². The molecule has 1 aliphatic rings. The molecule has 0 bridgehead atoms. The zero-order valence-electron chi connectivity index (χ0n) is 16.5. The van der Waals surface area contributed by atoms with E-state index >= 15 is 0 Å². The Morgan fingerprint density at radius 2 is 1.83 bits per heavy atom. The first kappa shape index (κ1) is 21.5. The number of carbonyl (C=O) groups is 2. The van der Waals surface area contributed by atoms with Gasteiger partial charge in [-0.25, -0.2) is 22.7 Å². The van der Waals surface area contributed by atoms with Crippen molar-refractivity contribution in [2.45, 2.75) is 23.8 Å². The second-order valence-electron chi connectivity index (χ2n) is 6.58. The highest BCUT2D eigenvalue weighted by Crippen LogP contribution is 2.29. The van der Waals surface area contributed by atoms with Crippen LogP contribution in [0.2, 0.25) is 0 Å². The molecule has 0 radical (unpaired) electrons. The van der Waals surface area contributed by atoms with Gasteiger partial charge in [-0.05, 0) is 54.8 Å². The summed E-state index contributed by atoms with van der Waals surface area (Å²) in [5.74, 6) is -0.804. The van der Waals surface area contributed by atoms with E-state index in [0.717, 1.165) is 12.8 Å². The van der Waals surface area contributed by atoms with Gasteiger partial charge in [0.25, 0.3) is 0 Å². The van der Waals surface area contributed by atoms with Gasteiger partial charge in [0.1, 0.15) is 0 Å². The lowest BCUT2D eigenvalue weighted by Gasteiger charge is -2.11. The number of rotatable bonds is 8. The number of sulfonamides is 1.